The van der Waals surface area contributed by atoms with Gasteiger partial charge < -0.3 is 16.7 Å². The first-order chi connectivity index (χ1) is 9.13. The molecule has 96 valence electrons. The highest BCUT2D eigenvalue weighted by Gasteiger charge is 2.13. The molecular formula is C12H11N5O2. The largest absolute Gasteiger partial charge is 0.409 e. The SMILES string of the molecule is NC(=O)c1nccnc1-c1cccc(C(N)=NO)c1. The monoisotopic (exact) mass is 257 g/mol. The zero-order valence-corrected chi connectivity index (χ0v) is 9.82. The van der Waals surface area contributed by atoms with Crippen LogP contribution in [-0.4, -0.2) is 26.9 Å². The predicted octanol–water partition coefficient (Wildman–Crippen LogP) is 0.337. The van der Waals surface area contributed by atoms with Gasteiger partial charge in [0.05, 0.1) is 0 Å². The van der Waals surface area contributed by atoms with E-state index in [1.165, 1.54) is 12.4 Å². The van der Waals surface area contributed by atoms with Gasteiger partial charge >= 0.3 is 0 Å². The Morgan fingerprint density at radius 1 is 1.21 bits per heavy atom. The van der Waals surface area contributed by atoms with Gasteiger partial charge in [0.25, 0.3) is 5.91 Å². The van der Waals surface area contributed by atoms with Crippen molar-refractivity contribution < 1.29 is 10.0 Å². The number of benzene rings is 1. The van der Waals surface area contributed by atoms with E-state index in [-0.39, 0.29) is 11.5 Å². The van der Waals surface area contributed by atoms with Crippen molar-refractivity contribution in [3.63, 3.8) is 0 Å². The topological polar surface area (TPSA) is 127 Å². The summed E-state index contributed by atoms with van der Waals surface area (Å²) in [7, 11) is 0. The molecule has 0 unspecified atom stereocenters. The number of oxime groups is 1. The molecule has 5 N–H and O–H groups in total. The summed E-state index contributed by atoms with van der Waals surface area (Å²) in [5.41, 5.74) is 12.3. The first kappa shape index (κ1) is 12.5. The number of carbonyl (C=O) groups excluding carboxylic acids is 1. The van der Waals surface area contributed by atoms with Crippen LogP contribution in [0.3, 0.4) is 0 Å². The summed E-state index contributed by atoms with van der Waals surface area (Å²) in [4.78, 5) is 19.3. The number of carbonyl (C=O) groups is 1. The Hall–Kier alpha value is -2.96. The molecule has 19 heavy (non-hydrogen) atoms. The summed E-state index contributed by atoms with van der Waals surface area (Å²) in [6.45, 7) is 0. The summed E-state index contributed by atoms with van der Waals surface area (Å²) in [6.07, 6.45) is 2.84. The summed E-state index contributed by atoms with van der Waals surface area (Å²) in [5, 5.41) is 11.6. The molecule has 0 aliphatic heterocycles. The van der Waals surface area contributed by atoms with E-state index in [1.807, 2.05) is 0 Å². The quantitative estimate of drug-likeness (QED) is 0.316. The first-order valence-electron chi connectivity index (χ1n) is 5.32. The van der Waals surface area contributed by atoms with Crippen molar-refractivity contribution in [1.82, 2.24) is 9.97 Å². The molecule has 1 aromatic carbocycles. The molecule has 0 bridgehead atoms. The minimum Gasteiger partial charge on any atom is -0.409 e. The third-order valence-corrected chi connectivity index (χ3v) is 2.47. The molecule has 0 radical (unpaired) electrons. The molecule has 2 aromatic rings. The minimum absolute atomic E-state index is 0.0358. The van der Waals surface area contributed by atoms with Gasteiger partial charge in [0, 0.05) is 23.5 Å². The molecule has 1 heterocycles. The van der Waals surface area contributed by atoms with Gasteiger partial charge in [0.15, 0.2) is 11.5 Å². The van der Waals surface area contributed by atoms with E-state index in [9.17, 15) is 4.79 Å². The normalized spacial score (nSPS) is 11.3. The molecule has 0 fully saturated rings. The Kier molecular flexibility index (Phi) is 3.37. The van der Waals surface area contributed by atoms with Crippen LogP contribution in [-0.2, 0) is 0 Å². The number of nitrogens with zero attached hydrogens (tertiary/aromatic N) is 3. The molecule has 0 aliphatic carbocycles. The molecule has 0 atom stereocenters. The van der Waals surface area contributed by atoms with E-state index in [1.54, 1.807) is 24.3 Å². The van der Waals surface area contributed by atoms with Crippen molar-refractivity contribution in [2.45, 2.75) is 0 Å². The van der Waals surface area contributed by atoms with Gasteiger partial charge in [-0.15, -0.1) is 0 Å². The Bertz CT molecular complexity index is 654. The van der Waals surface area contributed by atoms with Crippen LogP contribution in [0.25, 0.3) is 11.3 Å². The number of amidine groups is 1. The van der Waals surface area contributed by atoms with Crippen LogP contribution in [0.5, 0.6) is 0 Å². The van der Waals surface area contributed by atoms with Crippen molar-refractivity contribution in [2.24, 2.45) is 16.6 Å². The zero-order chi connectivity index (χ0) is 13.8. The van der Waals surface area contributed by atoms with E-state index >= 15 is 0 Å². The molecule has 0 spiro atoms. The second-order valence-corrected chi connectivity index (χ2v) is 3.68. The van der Waals surface area contributed by atoms with Gasteiger partial charge in [-0.1, -0.05) is 23.4 Å². The predicted molar refractivity (Wildman–Crippen MR) is 68.5 cm³/mol. The van der Waals surface area contributed by atoms with E-state index in [4.69, 9.17) is 16.7 Å². The zero-order valence-electron chi connectivity index (χ0n) is 9.82. The first-order valence-corrected chi connectivity index (χ1v) is 5.32. The second kappa shape index (κ2) is 5.13. The molecular weight excluding hydrogens is 246 g/mol. The summed E-state index contributed by atoms with van der Waals surface area (Å²) in [5.74, 6) is -0.705. The maximum atomic E-state index is 11.3. The van der Waals surface area contributed by atoms with Gasteiger partial charge in [-0.25, -0.2) is 4.98 Å². The lowest BCUT2D eigenvalue weighted by atomic mass is 10.1. The fraction of sp³-hybridized carbons (Fsp3) is 0. The maximum absolute atomic E-state index is 11.3. The Balaban J connectivity index is 2.57. The van der Waals surface area contributed by atoms with Crippen LogP contribution in [0.1, 0.15) is 16.1 Å². The summed E-state index contributed by atoms with van der Waals surface area (Å²) >= 11 is 0. The molecule has 1 amide bonds. The van der Waals surface area contributed by atoms with Gasteiger partial charge in [-0.05, 0) is 6.07 Å². The van der Waals surface area contributed by atoms with Crippen LogP contribution >= 0.6 is 0 Å². The molecule has 1 aromatic heterocycles. The van der Waals surface area contributed by atoms with Crippen LogP contribution < -0.4 is 11.5 Å². The van der Waals surface area contributed by atoms with Crippen molar-refractivity contribution in [1.29, 1.82) is 0 Å². The van der Waals surface area contributed by atoms with E-state index in [0.29, 0.717) is 16.8 Å². The number of hydrogen-bond acceptors (Lipinski definition) is 5. The summed E-state index contributed by atoms with van der Waals surface area (Å²) < 4.78 is 0. The molecule has 2 rings (SSSR count). The lowest BCUT2D eigenvalue weighted by molar-refractivity contribution is 0.0996. The molecule has 0 aliphatic rings. The van der Waals surface area contributed by atoms with Crippen molar-refractivity contribution >= 4 is 11.7 Å². The van der Waals surface area contributed by atoms with Crippen LogP contribution in [0, 0.1) is 0 Å². The number of aromatic nitrogens is 2. The Labute approximate surface area is 108 Å². The lowest BCUT2D eigenvalue weighted by Gasteiger charge is -2.06. The smallest absolute Gasteiger partial charge is 0.269 e. The van der Waals surface area contributed by atoms with Gasteiger partial charge in [-0.2, -0.15) is 0 Å². The Morgan fingerprint density at radius 2 is 1.95 bits per heavy atom. The number of hydrogen-bond donors (Lipinski definition) is 3. The van der Waals surface area contributed by atoms with Crippen LogP contribution in [0.4, 0.5) is 0 Å². The van der Waals surface area contributed by atoms with Crippen molar-refractivity contribution in [3.05, 3.63) is 47.9 Å². The average Bonchev–Trinajstić information content (AvgIpc) is 2.46. The van der Waals surface area contributed by atoms with Crippen molar-refractivity contribution in [2.75, 3.05) is 0 Å². The Morgan fingerprint density at radius 3 is 2.63 bits per heavy atom. The number of amides is 1. The highest BCUT2D eigenvalue weighted by Crippen LogP contribution is 2.20. The molecule has 7 nitrogen and oxygen atoms in total. The highest BCUT2D eigenvalue weighted by molar-refractivity contribution is 6.00. The molecule has 7 heteroatoms. The van der Waals surface area contributed by atoms with Gasteiger partial charge in [0.1, 0.15) is 5.69 Å². The highest BCUT2D eigenvalue weighted by atomic mass is 16.4. The number of primary amides is 1. The number of rotatable bonds is 3. The van der Waals surface area contributed by atoms with Crippen molar-refractivity contribution in [3.8, 4) is 11.3 Å². The minimum atomic E-state index is -0.669. The fourth-order valence-corrected chi connectivity index (χ4v) is 1.61. The standard InChI is InChI=1S/C12H11N5O2/c13-11(17-19)8-3-1-2-7(6-8)9-10(12(14)18)16-5-4-15-9/h1-6,19H,(H2,13,17)(H2,14,18). The third-order valence-electron chi connectivity index (χ3n) is 2.47. The molecule has 0 saturated heterocycles. The maximum Gasteiger partial charge on any atom is 0.269 e. The van der Waals surface area contributed by atoms with Gasteiger partial charge in [0.2, 0.25) is 0 Å². The van der Waals surface area contributed by atoms with Crippen LogP contribution in [0.15, 0.2) is 41.8 Å². The van der Waals surface area contributed by atoms with E-state index < -0.39 is 5.91 Å². The van der Waals surface area contributed by atoms with E-state index in [2.05, 4.69) is 15.1 Å². The lowest BCUT2D eigenvalue weighted by Crippen LogP contribution is -2.16. The fourth-order valence-electron chi connectivity index (χ4n) is 1.61. The summed E-state index contributed by atoms with van der Waals surface area (Å²) in [6, 6.07) is 6.72. The van der Waals surface area contributed by atoms with Gasteiger partial charge in [-0.3, -0.25) is 9.78 Å². The number of nitrogens with two attached hydrogens (primary N) is 2. The van der Waals surface area contributed by atoms with E-state index in [0.717, 1.165) is 0 Å². The third kappa shape index (κ3) is 2.49. The van der Waals surface area contributed by atoms with Crippen LogP contribution in [0.2, 0.25) is 0 Å². The second-order valence-electron chi connectivity index (χ2n) is 3.68. The molecule has 0 saturated carbocycles. The average molecular weight is 257 g/mol.